The number of hydrogen-bond acceptors (Lipinski definition) is 3. The number of amides is 1. The Morgan fingerprint density at radius 2 is 1.95 bits per heavy atom. The van der Waals surface area contributed by atoms with Gasteiger partial charge in [-0.25, -0.2) is 4.79 Å². The van der Waals surface area contributed by atoms with Crippen molar-refractivity contribution in [2.75, 3.05) is 20.2 Å². The molecule has 0 saturated heterocycles. The van der Waals surface area contributed by atoms with Gasteiger partial charge in [-0.2, -0.15) is 0 Å². The smallest absolute Gasteiger partial charge is 0.407 e. The minimum atomic E-state index is -0.338. The van der Waals surface area contributed by atoms with Crippen LogP contribution in [0.5, 0.6) is 0 Å². The Balaban J connectivity index is 2.42. The van der Waals surface area contributed by atoms with Gasteiger partial charge in [0.05, 0.1) is 12.6 Å². The summed E-state index contributed by atoms with van der Waals surface area (Å²) in [6.07, 6.45) is 1.98. The fourth-order valence-electron chi connectivity index (χ4n) is 1.94. The van der Waals surface area contributed by atoms with E-state index in [1.807, 2.05) is 6.92 Å². The van der Waals surface area contributed by atoms with Crippen LogP contribution >= 0.6 is 0 Å². The average molecular weight is 298 g/mol. The molecular weight excluding hydrogens is 268 g/mol. The fraction of sp³-hybridized carbons (Fsp3) is 0.867. The van der Waals surface area contributed by atoms with Crippen molar-refractivity contribution in [1.29, 1.82) is 0 Å². The standard InChI is InChI=1S/C15H30N4O2/c1-6-21-15(20)19-13(12-7-8-12)9-17-14(16-5)18-11(4)10(2)3/h10-13H,6-9H2,1-5H3,(H,19,20)(H2,16,17,18). The SMILES string of the molecule is CCOC(=O)NC(CNC(=NC)NC(C)C(C)C)C1CC1. The van der Waals surface area contributed by atoms with E-state index in [0.29, 0.717) is 31.0 Å². The third kappa shape index (κ3) is 6.69. The third-order valence-corrected chi connectivity index (χ3v) is 3.85. The van der Waals surface area contributed by atoms with Crippen LogP contribution in [0.1, 0.15) is 40.5 Å². The zero-order valence-electron chi connectivity index (χ0n) is 13.9. The number of hydrogen-bond donors (Lipinski definition) is 3. The quantitative estimate of drug-likeness (QED) is 0.494. The normalized spacial score (nSPS) is 18.1. The molecule has 0 radical (unpaired) electrons. The topological polar surface area (TPSA) is 74.8 Å². The molecule has 6 nitrogen and oxygen atoms in total. The first-order chi connectivity index (χ1) is 9.97. The molecule has 1 aliphatic carbocycles. The number of alkyl carbamates (subject to hydrolysis) is 1. The van der Waals surface area contributed by atoms with Crippen molar-refractivity contribution in [3.8, 4) is 0 Å². The second-order valence-corrected chi connectivity index (χ2v) is 5.94. The van der Waals surface area contributed by atoms with Crippen molar-refractivity contribution >= 4 is 12.1 Å². The second kappa shape index (κ2) is 8.74. The summed E-state index contributed by atoms with van der Waals surface area (Å²) in [4.78, 5) is 15.8. The number of carbonyl (C=O) groups excluding carboxylic acids is 1. The fourth-order valence-corrected chi connectivity index (χ4v) is 1.94. The van der Waals surface area contributed by atoms with Gasteiger partial charge in [0.25, 0.3) is 0 Å². The van der Waals surface area contributed by atoms with Crippen LogP contribution in [0.4, 0.5) is 4.79 Å². The monoisotopic (exact) mass is 298 g/mol. The van der Waals surface area contributed by atoms with Crippen molar-refractivity contribution in [3.05, 3.63) is 0 Å². The van der Waals surface area contributed by atoms with Crippen LogP contribution in [-0.4, -0.2) is 44.3 Å². The van der Waals surface area contributed by atoms with Crippen molar-refractivity contribution in [2.24, 2.45) is 16.8 Å². The maximum Gasteiger partial charge on any atom is 0.407 e. The lowest BCUT2D eigenvalue weighted by Gasteiger charge is -2.23. The molecule has 0 aromatic rings. The molecule has 0 aliphatic heterocycles. The number of guanidine groups is 1. The average Bonchev–Trinajstić information content (AvgIpc) is 3.26. The molecule has 2 unspecified atom stereocenters. The lowest BCUT2D eigenvalue weighted by Crippen LogP contribution is -2.50. The summed E-state index contributed by atoms with van der Waals surface area (Å²) >= 11 is 0. The van der Waals surface area contributed by atoms with Crippen molar-refractivity contribution < 1.29 is 9.53 Å². The highest BCUT2D eigenvalue weighted by molar-refractivity contribution is 5.80. The molecule has 0 aromatic carbocycles. The lowest BCUT2D eigenvalue weighted by atomic mass is 10.1. The van der Waals surface area contributed by atoms with Crippen LogP contribution in [0.3, 0.4) is 0 Å². The molecule has 1 amide bonds. The molecule has 1 saturated carbocycles. The first kappa shape index (κ1) is 17.6. The summed E-state index contributed by atoms with van der Waals surface area (Å²) < 4.78 is 4.96. The zero-order valence-corrected chi connectivity index (χ0v) is 13.9. The summed E-state index contributed by atoms with van der Waals surface area (Å²) in [5.41, 5.74) is 0. The second-order valence-electron chi connectivity index (χ2n) is 5.94. The first-order valence-electron chi connectivity index (χ1n) is 7.88. The van der Waals surface area contributed by atoms with Crippen LogP contribution in [0.2, 0.25) is 0 Å². The van der Waals surface area contributed by atoms with Gasteiger partial charge in [-0.05, 0) is 38.5 Å². The molecule has 0 bridgehead atoms. The zero-order chi connectivity index (χ0) is 15.8. The number of rotatable bonds is 7. The highest BCUT2D eigenvalue weighted by Gasteiger charge is 2.32. The molecule has 21 heavy (non-hydrogen) atoms. The maximum atomic E-state index is 11.6. The van der Waals surface area contributed by atoms with Crippen LogP contribution in [0, 0.1) is 11.8 Å². The van der Waals surface area contributed by atoms with Gasteiger partial charge in [0.15, 0.2) is 5.96 Å². The van der Waals surface area contributed by atoms with Gasteiger partial charge in [0, 0.05) is 19.6 Å². The van der Waals surface area contributed by atoms with Crippen LogP contribution in [-0.2, 0) is 4.74 Å². The molecule has 0 aromatic heterocycles. The molecule has 122 valence electrons. The van der Waals surface area contributed by atoms with Gasteiger partial charge in [-0.1, -0.05) is 13.8 Å². The number of ether oxygens (including phenoxy) is 1. The van der Waals surface area contributed by atoms with Crippen LogP contribution < -0.4 is 16.0 Å². The predicted octanol–water partition coefficient (Wildman–Crippen LogP) is 1.72. The minimum absolute atomic E-state index is 0.0944. The van der Waals surface area contributed by atoms with E-state index in [-0.39, 0.29) is 12.1 Å². The highest BCUT2D eigenvalue weighted by Crippen LogP contribution is 2.32. The third-order valence-electron chi connectivity index (χ3n) is 3.85. The Labute approximate surface area is 128 Å². The Morgan fingerprint density at radius 3 is 2.43 bits per heavy atom. The van der Waals surface area contributed by atoms with E-state index in [1.54, 1.807) is 7.05 Å². The minimum Gasteiger partial charge on any atom is -0.450 e. The maximum absolute atomic E-state index is 11.6. The molecule has 1 rings (SSSR count). The van der Waals surface area contributed by atoms with E-state index >= 15 is 0 Å². The van der Waals surface area contributed by atoms with Crippen LogP contribution in [0.15, 0.2) is 4.99 Å². The molecule has 0 heterocycles. The number of nitrogens with zero attached hydrogens (tertiary/aromatic N) is 1. The first-order valence-corrected chi connectivity index (χ1v) is 7.88. The Morgan fingerprint density at radius 1 is 1.29 bits per heavy atom. The molecular formula is C15H30N4O2. The molecule has 1 aliphatic rings. The van der Waals surface area contributed by atoms with E-state index in [1.165, 1.54) is 0 Å². The Hall–Kier alpha value is -1.46. The molecule has 2 atom stereocenters. The van der Waals surface area contributed by atoms with Crippen LogP contribution in [0.25, 0.3) is 0 Å². The van der Waals surface area contributed by atoms with E-state index in [9.17, 15) is 4.79 Å². The van der Waals surface area contributed by atoms with Crippen molar-refractivity contribution in [2.45, 2.75) is 52.6 Å². The molecule has 6 heteroatoms. The van der Waals surface area contributed by atoms with Gasteiger partial charge in [-0.15, -0.1) is 0 Å². The van der Waals surface area contributed by atoms with Gasteiger partial charge in [-0.3, -0.25) is 4.99 Å². The van der Waals surface area contributed by atoms with Gasteiger partial charge < -0.3 is 20.7 Å². The molecule has 3 N–H and O–H groups in total. The Bertz CT molecular complexity index is 354. The van der Waals surface area contributed by atoms with Crippen molar-refractivity contribution in [1.82, 2.24) is 16.0 Å². The highest BCUT2D eigenvalue weighted by atomic mass is 16.5. The van der Waals surface area contributed by atoms with Gasteiger partial charge in [0.2, 0.25) is 0 Å². The number of aliphatic imine (C=N–C) groups is 1. The summed E-state index contributed by atoms with van der Waals surface area (Å²) in [7, 11) is 1.76. The largest absolute Gasteiger partial charge is 0.450 e. The summed E-state index contributed by atoms with van der Waals surface area (Å²) in [5.74, 6) is 1.84. The number of carbonyl (C=O) groups is 1. The van der Waals surface area contributed by atoms with E-state index in [2.05, 4.69) is 41.7 Å². The van der Waals surface area contributed by atoms with Gasteiger partial charge in [0.1, 0.15) is 0 Å². The Kier molecular flexibility index (Phi) is 7.32. The molecule has 1 fully saturated rings. The van der Waals surface area contributed by atoms with E-state index < -0.39 is 0 Å². The van der Waals surface area contributed by atoms with Crippen molar-refractivity contribution in [3.63, 3.8) is 0 Å². The summed E-state index contributed by atoms with van der Waals surface area (Å²) in [6.45, 7) is 9.33. The summed E-state index contributed by atoms with van der Waals surface area (Å²) in [5, 5.41) is 9.58. The lowest BCUT2D eigenvalue weighted by molar-refractivity contribution is 0.146. The predicted molar refractivity (Wildman–Crippen MR) is 85.5 cm³/mol. The summed E-state index contributed by atoms with van der Waals surface area (Å²) in [6, 6.07) is 0.436. The number of nitrogens with one attached hydrogen (secondary N) is 3. The molecule has 0 spiro atoms. The van der Waals surface area contributed by atoms with Gasteiger partial charge >= 0.3 is 6.09 Å². The van der Waals surface area contributed by atoms with E-state index in [0.717, 1.165) is 18.8 Å². The van der Waals surface area contributed by atoms with E-state index in [4.69, 9.17) is 4.74 Å².